The number of benzene rings is 1. The van der Waals surface area contributed by atoms with Gasteiger partial charge in [0, 0.05) is 38.3 Å². The number of ether oxygens (including phenoxy) is 1. The lowest BCUT2D eigenvalue weighted by Gasteiger charge is -2.42. The molecule has 0 saturated carbocycles. The summed E-state index contributed by atoms with van der Waals surface area (Å²) in [6.07, 6.45) is 0. The number of methoxy groups -OCH3 is 1. The Kier molecular flexibility index (Phi) is 5.74. The van der Waals surface area contributed by atoms with Crippen LogP contribution in [0.4, 0.5) is 0 Å². The number of amides is 2. The molecule has 0 bridgehead atoms. The van der Waals surface area contributed by atoms with Crippen molar-refractivity contribution >= 4 is 11.8 Å². The SMILES string of the molecule is COCc1ccc(C(=O)N2CCN(C(C)C)[C@@H](C(N)=O)C2)cc1. The van der Waals surface area contributed by atoms with Crippen molar-refractivity contribution < 1.29 is 14.3 Å². The Bertz CT molecular complexity index is 557. The second-order valence-electron chi connectivity index (χ2n) is 6.13. The number of nitrogens with two attached hydrogens (primary N) is 1. The lowest BCUT2D eigenvalue weighted by Crippen LogP contribution is -2.61. The summed E-state index contributed by atoms with van der Waals surface area (Å²) in [6.45, 7) is 6.17. The van der Waals surface area contributed by atoms with Crippen LogP contribution >= 0.6 is 0 Å². The largest absolute Gasteiger partial charge is 0.380 e. The van der Waals surface area contributed by atoms with Crippen molar-refractivity contribution in [3.05, 3.63) is 35.4 Å². The Morgan fingerprint density at radius 1 is 1.26 bits per heavy atom. The van der Waals surface area contributed by atoms with Gasteiger partial charge in [-0.3, -0.25) is 14.5 Å². The molecule has 1 aromatic rings. The van der Waals surface area contributed by atoms with E-state index in [0.29, 0.717) is 31.8 Å². The molecule has 6 nitrogen and oxygen atoms in total. The second-order valence-corrected chi connectivity index (χ2v) is 6.13. The third-order valence-corrected chi connectivity index (χ3v) is 4.21. The fourth-order valence-corrected chi connectivity index (χ4v) is 2.95. The lowest BCUT2D eigenvalue weighted by molar-refractivity contribution is -0.126. The molecule has 0 unspecified atom stereocenters. The normalized spacial score (nSPS) is 19.1. The maximum Gasteiger partial charge on any atom is 0.253 e. The number of hydrogen-bond donors (Lipinski definition) is 1. The molecule has 1 saturated heterocycles. The number of primary amides is 1. The average Bonchev–Trinajstić information content (AvgIpc) is 2.54. The lowest BCUT2D eigenvalue weighted by atomic mass is 10.1. The fourth-order valence-electron chi connectivity index (χ4n) is 2.95. The molecule has 0 radical (unpaired) electrons. The van der Waals surface area contributed by atoms with Gasteiger partial charge in [0.15, 0.2) is 0 Å². The van der Waals surface area contributed by atoms with Gasteiger partial charge in [0.1, 0.15) is 6.04 Å². The molecule has 2 rings (SSSR count). The highest BCUT2D eigenvalue weighted by Crippen LogP contribution is 2.16. The van der Waals surface area contributed by atoms with Crippen LogP contribution in [0, 0.1) is 0 Å². The average molecular weight is 319 g/mol. The first kappa shape index (κ1) is 17.4. The predicted molar refractivity (Wildman–Crippen MR) is 87.9 cm³/mol. The number of piperazine rings is 1. The van der Waals surface area contributed by atoms with Crippen LogP contribution in [0.2, 0.25) is 0 Å². The minimum atomic E-state index is -0.430. The summed E-state index contributed by atoms with van der Waals surface area (Å²) in [5.74, 6) is -0.449. The van der Waals surface area contributed by atoms with E-state index in [-0.39, 0.29) is 17.9 Å². The monoisotopic (exact) mass is 319 g/mol. The van der Waals surface area contributed by atoms with Gasteiger partial charge >= 0.3 is 0 Å². The Balaban J connectivity index is 2.09. The van der Waals surface area contributed by atoms with Crippen molar-refractivity contribution in [3.63, 3.8) is 0 Å². The minimum absolute atomic E-state index is 0.0661. The molecule has 126 valence electrons. The minimum Gasteiger partial charge on any atom is -0.380 e. The van der Waals surface area contributed by atoms with E-state index in [1.54, 1.807) is 24.1 Å². The summed E-state index contributed by atoms with van der Waals surface area (Å²) < 4.78 is 5.07. The molecule has 1 atom stereocenters. The van der Waals surface area contributed by atoms with Crippen LogP contribution in [0.3, 0.4) is 0 Å². The van der Waals surface area contributed by atoms with Crippen LogP contribution in [0.15, 0.2) is 24.3 Å². The molecule has 0 spiro atoms. The molecule has 0 aromatic heterocycles. The van der Waals surface area contributed by atoms with Crippen molar-refractivity contribution in [2.24, 2.45) is 5.73 Å². The predicted octanol–water partition coefficient (Wildman–Crippen LogP) is 0.853. The number of rotatable bonds is 5. The van der Waals surface area contributed by atoms with Gasteiger partial charge in [0.05, 0.1) is 6.61 Å². The fraction of sp³-hybridized carbons (Fsp3) is 0.529. The van der Waals surface area contributed by atoms with Gasteiger partial charge in [0.25, 0.3) is 5.91 Å². The summed E-state index contributed by atoms with van der Waals surface area (Å²) in [5, 5.41) is 0. The van der Waals surface area contributed by atoms with Crippen LogP contribution in [0.25, 0.3) is 0 Å². The van der Waals surface area contributed by atoms with E-state index in [9.17, 15) is 9.59 Å². The van der Waals surface area contributed by atoms with Crippen molar-refractivity contribution in [3.8, 4) is 0 Å². The van der Waals surface area contributed by atoms with E-state index < -0.39 is 6.04 Å². The summed E-state index contributed by atoms with van der Waals surface area (Å²) in [4.78, 5) is 28.1. The molecule has 1 heterocycles. The zero-order valence-electron chi connectivity index (χ0n) is 14.0. The van der Waals surface area contributed by atoms with Crippen molar-refractivity contribution in [1.29, 1.82) is 0 Å². The molecule has 2 amide bonds. The van der Waals surface area contributed by atoms with Crippen LogP contribution in [0.5, 0.6) is 0 Å². The molecular weight excluding hydrogens is 294 g/mol. The van der Waals surface area contributed by atoms with E-state index in [4.69, 9.17) is 10.5 Å². The Morgan fingerprint density at radius 2 is 1.91 bits per heavy atom. The van der Waals surface area contributed by atoms with Gasteiger partial charge in [-0.15, -0.1) is 0 Å². The quantitative estimate of drug-likeness (QED) is 0.873. The topological polar surface area (TPSA) is 75.9 Å². The smallest absolute Gasteiger partial charge is 0.253 e. The van der Waals surface area contributed by atoms with Gasteiger partial charge in [-0.05, 0) is 31.5 Å². The summed E-state index contributed by atoms with van der Waals surface area (Å²) >= 11 is 0. The van der Waals surface area contributed by atoms with E-state index >= 15 is 0 Å². The van der Waals surface area contributed by atoms with Gasteiger partial charge in [-0.1, -0.05) is 12.1 Å². The summed E-state index contributed by atoms with van der Waals surface area (Å²) in [7, 11) is 1.64. The summed E-state index contributed by atoms with van der Waals surface area (Å²) in [5.41, 5.74) is 7.15. The van der Waals surface area contributed by atoms with Crippen molar-refractivity contribution in [2.45, 2.75) is 32.5 Å². The molecule has 2 N–H and O–H groups in total. The Hall–Kier alpha value is -1.92. The molecule has 23 heavy (non-hydrogen) atoms. The van der Waals surface area contributed by atoms with Crippen LogP contribution in [-0.4, -0.2) is 60.4 Å². The standard InChI is InChI=1S/C17H25N3O3/c1-12(2)20-9-8-19(10-15(20)16(18)21)17(22)14-6-4-13(5-7-14)11-23-3/h4-7,12,15H,8-11H2,1-3H3,(H2,18,21)/t15-/m1/s1. The first-order chi connectivity index (χ1) is 10.9. The third kappa shape index (κ3) is 4.09. The zero-order valence-corrected chi connectivity index (χ0v) is 14.0. The second kappa shape index (κ2) is 7.57. The maximum atomic E-state index is 12.6. The van der Waals surface area contributed by atoms with E-state index in [0.717, 1.165) is 5.56 Å². The zero-order chi connectivity index (χ0) is 17.0. The highest BCUT2D eigenvalue weighted by Gasteiger charge is 2.34. The van der Waals surface area contributed by atoms with Crippen molar-refractivity contribution in [2.75, 3.05) is 26.7 Å². The van der Waals surface area contributed by atoms with Gasteiger partial charge < -0.3 is 15.4 Å². The Morgan fingerprint density at radius 3 is 2.43 bits per heavy atom. The molecule has 0 aliphatic carbocycles. The molecule has 1 aliphatic rings. The van der Waals surface area contributed by atoms with Crippen LogP contribution in [-0.2, 0) is 16.1 Å². The molecule has 1 aliphatic heterocycles. The molecule has 1 aromatic carbocycles. The third-order valence-electron chi connectivity index (χ3n) is 4.21. The van der Waals surface area contributed by atoms with E-state index in [2.05, 4.69) is 0 Å². The van der Waals surface area contributed by atoms with E-state index in [1.165, 1.54) is 0 Å². The molecule has 6 heteroatoms. The molecule has 1 fully saturated rings. The first-order valence-electron chi connectivity index (χ1n) is 7.86. The van der Waals surface area contributed by atoms with Crippen LogP contribution < -0.4 is 5.73 Å². The number of carbonyl (C=O) groups is 2. The number of carbonyl (C=O) groups excluding carboxylic acids is 2. The molecular formula is C17H25N3O3. The number of nitrogens with zero attached hydrogens (tertiary/aromatic N) is 2. The first-order valence-corrected chi connectivity index (χ1v) is 7.86. The highest BCUT2D eigenvalue weighted by atomic mass is 16.5. The van der Waals surface area contributed by atoms with Gasteiger partial charge in [0.2, 0.25) is 5.91 Å². The summed E-state index contributed by atoms with van der Waals surface area (Å²) in [6, 6.07) is 7.15. The van der Waals surface area contributed by atoms with Gasteiger partial charge in [-0.2, -0.15) is 0 Å². The highest BCUT2D eigenvalue weighted by molar-refractivity contribution is 5.95. The Labute approximate surface area is 137 Å². The van der Waals surface area contributed by atoms with Crippen molar-refractivity contribution in [1.82, 2.24) is 9.80 Å². The van der Waals surface area contributed by atoms with Gasteiger partial charge in [-0.25, -0.2) is 0 Å². The maximum absolute atomic E-state index is 12.6. The van der Waals surface area contributed by atoms with Crippen LogP contribution in [0.1, 0.15) is 29.8 Å². The van der Waals surface area contributed by atoms with E-state index in [1.807, 2.05) is 30.9 Å². The number of hydrogen-bond acceptors (Lipinski definition) is 4.